The van der Waals surface area contributed by atoms with E-state index < -0.39 is 23.8 Å². The van der Waals surface area contributed by atoms with Crippen LogP contribution in [0.4, 0.5) is 13.2 Å². The number of nitrogens with one attached hydrogen (secondary N) is 1. The highest BCUT2D eigenvalue weighted by molar-refractivity contribution is 7.10. The number of ether oxygens (including phenoxy) is 1. The SMILES string of the molecule is COC(=O)CC(NC(=O)C1CC1c1ccc(C(F)(F)F)cc1)c1cccs1. The zero-order valence-corrected chi connectivity index (χ0v) is 15.3. The molecule has 0 saturated heterocycles. The Hall–Kier alpha value is -2.35. The largest absolute Gasteiger partial charge is 0.469 e. The minimum absolute atomic E-state index is 0.0282. The summed E-state index contributed by atoms with van der Waals surface area (Å²) in [5.74, 6) is -1.04. The van der Waals surface area contributed by atoms with Crippen LogP contribution < -0.4 is 5.32 Å². The minimum Gasteiger partial charge on any atom is -0.469 e. The van der Waals surface area contributed by atoms with E-state index in [2.05, 4.69) is 10.1 Å². The van der Waals surface area contributed by atoms with Crippen LogP contribution in [0.3, 0.4) is 0 Å². The Labute approximate surface area is 158 Å². The van der Waals surface area contributed by atoms with Crippen LogP contribution in [0.5, 0.6) is 0 Å². The highest BCUT2D eigenvalue weighted by atomic mass is 32.1. The predicted molar refractivity (Wildman–Crippen MR) is 94.1 cm³/mol. The molecule has 0 bridgehead atoms. The summed E-state index contributed by atoms with van der Waals surface area (Å²) in [6.45, 7) is 0. The maximum Gasteiger partial charge on any atom is 0.416 e. The molecule has 0 aliphatic heterocycles. The first-order valence-corrected chi connectivity index (χ1v) is 9.25. The molecule has 1 saturated carbocycles. The summed E-state index contributed by atoms with van der Waals surface area (Å²) < 4.78 is 42.6. The summed E-state index contributed by atoms with van der Waals surface area (Å²) in [6, 6.07) is 8.11. The molecule has 1 aromatic carbocycles. The highest BCUT2D eigenvalue weighted by Crippen LogP contribution is 2.48. The predicted octanol–water partition coefficient (Wildman–Crippen LogP) is 4.29. The smallest absolute Gasteiger partial charge is 0.416 e. The Bertz CT molecular complexity index is 803. The second kappa shape index (κ2) is 7.72. The molecule has 144 valence electrons. The van der Waals surface area contributed by atoms with Gasteiger partial charge in [-0.25, -0.2) is 0 Å². The maximum atomic E-state index is 12.7. The van der Waals surface area contributed by atoms with Crippen molar-refractivity contribution in [2.24, 2.45) is 5.92 Å². The van der Waals surface area contributed by atoms with Crippen LogP contribution >= 0.6 is 11.3 Å². The van der Waals surface area contributed by atoms with Crippen molar-refractivity contribution in [3.05, 3.63) is 57.8 Å². The lowest BCUT2D eigenvalue weighted by atomic mass is 10.1. The fourth-order valence-electron chi connectivity index (χ4n) is 3.01. The molecule has 0 radical (unpaired) electrons. The van der Waals surface area contributed by atoms with Crippen LogP contribution in [0, 0.1) is 5.92 Å². The minimum atomic E-state index is -4.37. The molecule has 3 unspecified atom stereocenters. The summed E-state index contributed by atoms with van der Waals surface area (Å²) in [7, 11) is 1.29. The molecule has 1 fully saturated rings. The molecular formula is C19H18F3NO3S. The first-order chi connectivity index (χ1) is 12.8. The Kier molecular flexibility index (Phi) is 5.55. The van der Waals surface area contributed by atoms with E-state index >= 15 is 0 Å². The fraction of sp³-hybridized carbons (Fsp3) is 0.368. The molecule has 1 amide bonds. The zero-order chi connectivity index (χ0) is 19.6. The number of alkyl halides is 3. The van der Waals surface area contributed by atoms with Gasteiger partial charge in [-0.3, -0.25) is 9.59 Å². The lowest BCUT2D eigenvalue weighted by Gasteiger charge is -2.16. The van der Waals surface area contributed by atoms with Crippen molar-refractivity contribution >= 4 is 23.2 Å². The van der Waals surface area contributed by atoms with Crippen molar-refractivity contribution in [3.63, 3.8) is 0 Å². The van der Waals surface area contributed by atoms with Gasteiger partial charge in [-0.2, -0.15) is 13.2 Å². The lowest BCUT2D eigenvalue weighted by Crippen LogP contribution is -2.31. The fourth-order valence-corrected chi connectivity index (χ4v) is 3.79. The summed E-state index contributed by atoms with van der Waals surface area (Å²) >= 11 is 1.43. The number of benzene rings is 1. The van der Waals surface area contributed by atoms with Gasteiger partial charge in [0.15, 0.2) is 0 Å². The van der Waals surface area contributed by atoms with Gasteiger partial charge in [-0.05, 0) is 41.5 Å². The van der Waals surface area contributed by atoms with Crippen LogP contribution in [-0.4, -0.2) is 19.0 Å². The van der Waals surface area contributed by atoms with Crippen LogP contribution in [0.15, 0.2) is 41.8 Å². The Balaban J connectivity index is 1.64. The first-order valence-electron chi connectivity index (χ1n) is 8.37. The third-order valence-electron chi connectivity index (χ3n) is 4.59. The molecule has 3 atom stereocenters. The second-order valence-electron chi connectivity index (χ2n) is 6.43. The van der Waals surface area contributed by atoms with Crippen molar-refractivity contribution in [2.75, 3.05) is 7.11 Å². The summed E-state index contributed by atoms with van der Waals surface area (Å²) in [6.07, 6.45) is -3.77. The Morgan fingerprint density at radius 1 is 1.26 bits per heavy atom. The molecule has 1 heterocycles. The molecule has 1 aromatic heterocycles. The number of carbonyl (C=O) groups is 2. The van der Waals surface area contributed by atoms with Gasteiger partial charge >= 0.3 is 12.1 Å². The van der Waals surface area contributed by atoms with E-state index in [9.17, 15) is 22.8 Å². The lowest BCUT2D eigenvalue weighted by molar-refractivity contribution is -0.141. The third-order valence-corrected chi connectivity index (χ3v) is 5.58. The van der Waals surface area contributed by atoms with Crippen molar-refractivity contribution in [2.45, 2.75) is 31.0 Å². The number of carbonyl (C=O) groups excluding carboxylic acids is 2. The van der Waals surface area contributed by atoms with E-state index in [0.29, 0.717) is 12.0 Å². The average molecular weight is 397 g/mol. The number of hydrogen-bond acceptors (Lipinski definition) is 4. The summed E-state index contributed by atoms with van der Waals surface area (Å²) in [5.41, 5.74) is 0.00697. The number of rotatable bonds is 6. The standard InChI is InChI=1S/C19H18F3NO3S/c1-26-17(24)10-15(16-3-2-8-27-16)23-18(25)14-9-13(14)11-4-6-12(7-5-11)19(20,21)22/h2-8,13-15H,9-10H2,1H3,(H,23,25). The van der Waals surface area contributed by atoms with Crippen LogP contribution in [0.2, 0.25) is 0 Å². The van der Waals surface area contributed by atoms with E-state index in [0.717, 1.165) is 17.0 Å². The van der Waals surface area contributed by atoms with Crippen molar-refractivity contribution < 1.29 is 27.5 Å². The molecule has 1 N–H and O–H groups in total. The normalized spacial score (nSPS) is 20.0. The summed E-state index contributed by atoms with van der Waals surface area (Å²) in [4.78, 5) is 25.0. The molecule has 4 nitrogen and oxygen atoms in total. The summed E-state index contributed by atoms with van der Waals surface area (Å²) in [5, 5.41) is 4.73. The van der Waals surface area contributed by atoms with E-state index in [4.69, 9.17) is 0 Å². The first kappa shape index (κ1) is 19.4. The van der Waals surface area contributed by atoms with E-state index in [1.54, 1.807) is 0 Å². The van der Waals surface area contributed by atoms with Crippen molar-refractivity contribution in [1.29, 1.82) is 0 Å². The quantitative estimate of drug-likeness (QED) is 0.740. The highest BCUT2D eigenvalue weighted by Gasteiger charge is 2.45. The number of esters is 1. The maximum absolute atomic E-state index is 12.7. The Morgan fingerprint density at radius 2 is 1.96 bits per heavy atom. The van der Waals surface area contributed by atoms with Gasteiger partial charge in [0.05, 0.1) is 25.1 Å². The van der Waals surface area contributed by atoms with Gasteiger partial charge < -0.3 is 10.1 Å². The van der Waals surface area contributed by atoms with Gasteiger partial charge in [0.25, 0.3) is 0 Å². The number of amides is 1. The van der Waals surface area contributed by atoms with Gasteiger partial charge in [0.1, 0.15) is 0 Å². The number of thiophene rings is 1. The van der Waals surface area contributed by atoms with Crippen LogP contribution in [-0.2, 0) is 20.5 Å². The van der Waals surface area contributed by atoms with Crippen LogP contribution in [0.25, 0.3) is 0 Å². The zero-order valence-electron chi connectivity index (χ0n) is 14.5. The average Bonchev–Trinajstić information content (AvgIpc) is 3.25. The van der Waals surface area contributed by atoms with Gasteiger partial charge in [-0.15, -0.1) is 11.3 Å². The Morgan fingerprint density at radius 3 is 2.52 bits per heavy atom. The molecule has 0 spiro atoms. The molecule has 3 rings (SSSR count). The number of hydrogen-bond donors (Lipinski definition) is 1. The molecule has 27 heavy (non-hydrogen) atoms. The monoisotopic (exact) mass is 397 g/mol. The van der Waals surface area contributed by atoms with Crippen molar-refractivity contribution in [3.8, 4) is 0 Å². The topological polar surface area (TPSA) is 55.4 Å². The number of methoxy groups -OCH3 is 1. The van der Waals surface area contributed by atoms with Gasteiger partial charge in [-0.1, -0.05) is 18.2 Å². The van der Waals surface area contributed by atoms with Crippen LogP contribution in [0.1, 0.15) is 40.8 Å². The van der Waals surface area contributed by atoms with Crippen molar-refractivity contribution in [1.82, 2.24) is 5.32 Å². The molecular weight excluding hydrogens is 379 g/mol. The third kappa shape index (κ3) is 4.68. The van der Waals surface area contributed by atoms with E-state index in [1.807, 2.05) is 17.5 Å². The molecule has 2 aromatic rings. The molecule has 1 aliphatic carbocycles. The molecule has 1 aliphatic rings. The van der Waals surface area contributed by atoms with E-state index in [-0.39, 0.29) is 24.2 Å². The van der Waals surface area contributed by atoms with Gasteiger partial charge in [0, 0.05) is 10.8 Å². The van der Waals surface area contributed by atoms with E-state index in [1.165, 1.54) is 30.6 Å². The molecule has 8 heteroatoms. The number of halogens is 3. The second-order valence-corrected chi connectivity index (χ2v) is 7.40. The van der Waals surface area contributed by atoms with Gasteiger partial charge in [0.2, 0.25) is 5.91 Å².